The van der Waals surface area contributed by atoms with Crippen molar-refractivity contribution < 1.29 is 42.1 Å². The molecule has 0 aliphatic heterocycles. The van der Waals surface area contributed by atoms with Gasteiger partial charge in [0.15, 0.2) is 11.5 Å². The maximum Gasteiger partial charge on any atom is 0.491 e. The highest BCUT2D eigenvalue weighted by atomic mass is 19.4. The highest BCUT2D eigenvalue weighted by molar-refractivity contribution is 5.87. The second-order valence-corrected chi connectivity index (χ2v) is 2.52. The fourth-order valence-electron chi connectivity index (χ4n) is 0.472. The van der Waals surface area contributed by atoms with Gasteiger partial charge in [0.1, 0.15) is 12.5 Å². The van der Waals surface area contributed by atoms with E-state index in [0.29, 0.717) is 6.92 Å². The summed E-state index contributed by atoms with van der Waals surface area (Å²) < 4.78 is 41.1. The second-order valence-electron chi connectivity index (χ2n) is 2.52. The molecule has 0 aliphatic rings. The van der Waals surface area contributed by atoms with Crippen LogP contribution < -0.4 is 0 Å². The van der Waals surface area contributed by atoms with Crippen molar-refractivity contribution in [3.05, 3.63) is 12.5 Å². The third-order valence-electron chi connectivity index (χ3n) is 1.09. The van der Waals surface area contributed by atoms with Gasteiger partial charge in [-0.05, 0) is 0 Å². The van der Waals surface area contributed by atoms with Gasteiger partial charge in [-0.1, -0.05) is 0 Å². The molecule has 1 rings (SSSR count). The van der Waals surface area contributed by atoms with E-state index in [0.717, 1.165) is 12.5 Å². The lowest BCUT2D eigenvalue weighted by Crippen LogP contribution is -2.26. The predicted octanol–water partition coefficient (Wildman–Crippen LogP) is 1.33. The highest BCUT2D eigenvalue weighted by Gasteiger charge is 2.41. The Morgan fingerprint density at radius 2 is 1.65 bits per heavy atom. The summed E-state index contributed by atoms with van der Waals surface area (Å²) in [5.74, 6) is -4.21. The maximum atomic E-state index is 11.2. The summed E-state index contributed by atoms with van der Waals surface area (Å²) in [6.45, 7) is 0.712. The number of rotatable bonds is 0. The molecule has 0 aromatic carbocycles. The third-order valence-corrected chi connectivity index (χ3v) is 1.09. The highest BCUT2D eigenvalue weighted by Crippen LogP contribution is 2.23. The van der Waals surface area contributed by atoms with Crippen molar-refractivity contribution in [1.29, 1.82) is 0 Å². The molecule has 0 amide bonds. The van der Waals surface area contributed by atoms with Crippen LogP contribution >= 0.6 is 0 Å². The number of hydrogen-bond acceptors (Lipinski definition) is 6. The van der Waals surface area contributed by atoms with Gasteiger partial charge in [-0.2, -0.15) is 13.2 Å². The molecule has 0 bridgehead atoms. The van der Waals surface area contributed by atoms with Gasteiger partial charge in [-0.3, -0.25) is 4.79 Å². The first kappa shape index (κ1) is 14.8. The first-order valence-electron chi connectivity index (χ1n) is 3.88. The van der Waals surface area contributed by atoms with Gasteiger partial charge in [-0.15, -0.1) is 0 Å². The fraction of sp³-hybridized carbons (Fsp3) is 0.250. The molecule has 0 aliphatic carbocycles. The lowest BCUT2D eigenvalue weighted by molar-refractivity contribution is -0.201. The zero-order valence-electron chi connectivity index (χ0n) is 8.32. The monoisotopic (exact) mass is 256 g/mol. The average molecular weight is 256 g/mol. The van der Waals surface area contributed by atoms with Gasteiger partial charge in [-0.25, -0.2) is 4.79 Å². The molecule has 2 N–H and O–H groups in total. The minimum absolute atomic E-state index is 0.222. The Balaban J connectivity index is 0.000000318. The molecule has 9 heteroatoms. The SMILES string of the molecule is CC(=O)OC(=O)C(F)(F)F.Oc1cocc1O. The molecule has 0 radical (unpaired) electrons. The first-order chi connectivity index (χ1) is 7.64. The van der Waals surface area contributed by atoms with Crippen molar-refractivity contribution >= 4 is 11.9 Å². The molecule has 96 valence electrons. The molecule has 0 saturated carbocycles. The van der Waals surface area contributed by atoms with Crippen LogP contribution in [0.5, 0.6) is 11.5 Å². The molecule has 1 heterocycles. The van der Waals surface area contributed by atoms with Crippen molar-refractivity contribution in [1.82, 2.24) is 0 Å². The zero-order chi connectivity index (χ0) is 13.6. The van der Waals surface area contributed by atoms with E-state index in [2.05, 4.69) is 9.15 Å². The van der Waals surface area contributed by atoms with Crippen molar-refractivity contribution in [3.8, 4) is 11.5 Å². The van der Waals surface area contributed by atoms with Crippen LogP contribution in [0.1, 0.15) is 6.92 Å². The molecule has 0 atom stereocenters. The van der Waals surface area contributed by atoms with Crippen molar-refractivity contribution in [3.63, 3.8) is 0 Å². The van der Waals surface area contributed by atoms with E-state index < -0.39 is 18.1 Å². The van der Waals surface area contributed by atoms with Gasteiger partial charge >= 0.3 is 18.1 Å². The van der Waals surface area contributed by atoms with E-state index >= 15 is 0 Å². The summed E-state index contributed by atoms with van der Waals surface area (Å²) in [6, 6.07) is 0. The summed E-state index contributed by atoms with van der Waals surface area (Å²) >= 11 is 0. The number of hydrogen-bond donors (Lipinski definition) is 2. The van der Waals surface area contributed by atoms with E-state index in [1.165, 1.54) is 0 Å². The van der Waals surface area contributed by atoms with Crippen LogP contribution in [0.25, 0.3) is 0 Å². The Kier molecular flexibility index (Phi) is 5.03. The molecule has 0 fully saturated rings. The minimum atomic E-state index is -5.09. The minimum Gasteiger partial charge on any atom is -0.502 e. The molecule has 1 aromatic rings. The number of esters is 2. The van der Waals surface area contributed by atoms with Crippen LogP contribution in [0, 0.1) is 0 Å². The molecular weight excluding hydrogens is 249 g/mol. The number of furan rings is 1. The van der Waals surface area contributed by atoms with E-state index in [4.69, 9.17) is 10.2 Å². The maximum absolute atomic E-state index is 11.2. The Morgan fingerprint density at radius 3 is 1.76 bits per heavy atom. The zero-order valence-corrected chi connectivity index (χ0v) is 8.32. The fourth-order valence-corrected chi connectivity index (χ4v) is 0.472. The number of carbonyl (C=O) groups excluding carboxylic acids is 2. The number of alkyl halides is 3. The first-order valence-corrected chi connectivity index (χ1v) is 3.88. The smallest absolute Gasteiger partial charge is 0.491 e. The number of carbonyl (C=O) groups is 2. The van der Waals surface area contributed by atoms with Crippen LogP contribution in [-0.2, 0) is 14.3 Å². The Morgan fingerprint density at radius 1 is 1.24 bits per heavy atom. The number of aromatic hydroxyl groups is 2. The summed E-state index contributed by atoms with van der Waals surface area (Å²) in [4.78, 5) is 19.5. The Hall–Kier alpha value is -2.19. The molecule has 0 spiro atoms. The van der Waals surface area contributed by atoms with Crippen LogP contribution in [0.3, 0.4) is 0 Å². The molecule has 17 heavy (non-hydrogen) atoms. The van der Waals surface area contributed by atoms with Crippen LogP contribution in [-0.4, -0.2) is 28.3 Å². The van der Waals surface area contributed by atoms with E-state index in [1.54, 1.807) is 0 Å². The van der Waals surface area contributed by atoms with Gasteiger partial charge in [0, 0.05) is 6.92 Å². The largest absolute Gasteiger partial charge is 0.502 e. The van der Waals surface area contributed by atoms with E-state index in [1.807, 2.05) is 0 Å². The van der Waals surface area contributed by atoms with Crippen molar-refractivity contribution in [2.75, 3.05) is 0 Å². The van der Waals surface area contributed by atoms with Crippen molar-refractivity contribution in [2.24, 2.45) is 0 Å². The topological polar surface area (TPSA) is 97.0 Å². The quantitative estimate of drug-likeness (QED) is 0.536. The molecule has 6 nitrogen and oxygen atoms in total. The van der Waals surface area contributed by atoms with Gasteiger partial charge in [0.2, 0.25) is 0 Å². The molecule has 1 aromatic heterocycles. The van der Waals surface area contributed by atoms with Crippen LogP contribution in [0.4, 0.5) is 13.2 Å². The summed E-state index contributed by atoms with van der Waals surface area (Å²) in [6.07, 6.45) is -2.99. The third kappa shape index (κ3) is 6.07. The Labute approximate surface area is 92.2 Å². The number of ether oxygens (including phenoxy) is 1. The lowest BCUT2D eigenvalue weighted by Gasteiger charge is -2.01. The van der Waals surface area contributed by atoms with E-state index in [9.17, 15) is 22.8 Å². The summed E-state index contributed by atoms with van der Waals surface area (Å²) in [7, 11) is 0. The summed E-state index contributed by atoms with van der Waals surface area (Å²) in [5.41, 5.74) is 0. The van der Waals surface area contributed by atoms with Crippen LogP contribution in [0.15, 0.2) is 16.9 Å². The predicted molar refractivity (Wildman–Crippen MR) is 44.9 cm³/mol. The average Bonchev–Trinajstić information content (AvgIpc) is 2.49. The molecule has 0 unspecified atom stereocenters. The standard InChI is InChI=1S/C4H3F3O3.C4H4O3/c1-2(8)10-3(9)4(5,6)7;5-3-1-7-2-4(3)6/h1H3;1-2,5-6H. The molecule has 0 saturated heterocycles. The van der Waals surface area contributed by atoms with E-state index in [-0.39, 0.29) is 11.5 Å². The van der Waals surface area contributed by atoms with Gasteiger partial charge < -0.3 is 19.4 Å². The Bertz CT molecular complexity index is 378. The van der Waals surface area contributed by atoms with Gasteiger partial charge in [0.25, 0.3) is 0 Å². The van der Waals surface area contributed by atoms with Crippen molar-refractivity contribution in [2.45, 2.75) is 13.1 Å². The van der Waals surface area contributed by atoms with Crippen LogP contribution in [0.2, 0.25) is 0 Å². The van der Waals surface area contributed by atoms with Gasteiger partial charge in [0.05, 0.1) is 0 Å². The lowest BCUT2D eigenvalue weighted by atomic mass is 10.6. The number of halogens is 3. The normalized spacial score (nSPS) is 10.1. The molecular formula is C8H7F3O6. The second kappa shape index (κ2) is 5.77. The summed E-state index contributed by atoms with van der Waals surface area (Å²) in [5, 5.41) is 16.8.